The Kier molecular flexibility index (Phi) is 6.61. The Morgan fingerprint density at radius 2 is 1.95 bits per heavy atom. The normalized spacial score (nSPS) is 14.1. The van der Waals surface area contributed by atoms with E-state index in [1.165, 1.54) is 12.1 Å². The highest BCUT2D eigenvalue weighted by atomic mass is 19.1. The molecule has 0 radical (unpaired) electrons. The van der Waals surface area contributed by atoms with Crippen LogP contribution < -0.4 is 11.1 Å². The van der Waals surface area contributed by atoms with Crippen LogP contribution in [0.15, 0.2) is 24.3 Å². The van der Waals surface area contributed by atoms with Crippen molar-refractivity contribution < 1.29 is 9.18 Å². The third kappa shape index (κ3) is 4.28. The summed E-state index contributed by atoms with van der Waals surface area (Å²) in [5.74, 6) is -0.325. The monoisotopic (exact) mass is 281 g/mol. The van der Waals surface area contributed by atoms with Crippen LogP contribution in [-0.4, -0.2) is 37.0 Å². The number of carbonyl (C=O) groups excluding carboxylic acids is 1. The van der Waals surface area contributed by atoms with Gasteiger partial charge in [-0.3, -0.25) is 9.69 Å². The summed E-state index contributed by atoms with van der Waals surface area (Å²) in [6, 6.07) is 6.13. The van der Waals surface area contributed by atoms with Crippen molar-refractivity contribution in [2.45, 2.75) is 32.4 Å². The molecule has 1 amide bonds. The molecule has 0 aromatic heterocycles. The third-order valence-electron chi connectivity index (χ3n) is 3.51. The van der Waals surface area contributed by atoms with E-state index < -0.39 is 0 Å². The van der Waals surface area contributed by atoms with Gasteiger partial charge >= 0.3 is 0 Å². The van der Waals surface area contributed by atoms with E-state index in [0.29, 0.717) is 6.54 Å². The van der Waals surface area contributed by atoms with Crippen LogP contribution in [0.5, 0.6) is 0 Å². The minimum absolute atomic E-state index is 0.0535. The van der Waals surface area contributed by atoms with Crippen molar-refractivity contribution in [3.8, 4) is 0 Å². The highest BCUT2D eigenvalue weighted by Gasteiger charge is 2.26. The fourth-order valence-corrected chi connectivity index (χ4v) is 2.28. The van der Waals surface area contributed by atoms with Crippen LogP contribution in [0.2, 0.25) is 0 Å². The van der Waals surface area contributed by atoms with Crippen molar-refractivity contribution >= 4 is 5.91 Å². The summed E-state index contributed by atoms with van der Waals surface area (Å²) in [5, 5.41) is 2.62. The van der Waals surface area contributed by atoms with E-state index in [4.69, 9.17) is 5.73 Å². The lowest BCUT2D eigenvalue weighted by molar-refractivity contribution is -0.122. The van der Waals surface area contributed by atoms with E-state index in [-0.39, 0.29) is 30.4 Å². The highest BCUT2D eigenvalue weighted by Crippen LogP contribution is 2.25. The molecule has 1 rings (SSSR count). The van der Waals surface area contributed by atoms with Crippen LogP contribution >= 0.6 is 0 Å². The number of hydrogen-bond donors (Lipinski definition) is 2. The quantitative estimate of drug-likeness (QED) is 0.799. The van der Waals surface area contributed by atoms with Gasteiger partial charge in [-0.05, 0) is 30.7 Å². The maximum atomic E-state index is 13.1. The fourth-order valence-electron chi connectivity index (χ4n) is 2.28. The average Bonchev–Trinajstić information content (AvgIpc) is 2.47. The zero-order valence-electron chi connectivity index (χ0n) is 12.4. The van der Waals surface area contributed by atoms with Crippen LogP contribution in [0.4, 0.5) is 4.39 Å². The van der Waals surface area contributed by atoms with E-state index >= 15 is 0 Å². The molecule has 0 aliphatic carbocycles. The number of benzene rings is 1. The Balaban J connectivity index is 3.03. The molecule has 1 aromatic carbocycles. The average molecular weight is 281 g/mol. The minimum Gasteiger partial charge on any atom is -0.358 e. The molecule has 112 valence electrons. The highest BCUT2D eigenvalue weighted by molar-refractivity contribution is 5.77. The summed E-state index contributed by atoms with van der Waals surface area (Å²) in [6.07, 6.45) is 0.784. The molecule has 20 heavy (non-hydrogen) atoms. The molecule has 0 saturated carbocycles. The van der Waals surface area contributed by atoms with Crippen LogP contribution in [0.25, 0.3) is 0 Å². The summed E-state index contributed by atoms with van der Waals surface area (Å²) < 4.78 is 13.1. The van der Waals surface area contributed by atoms with Gasteiger partial charge in [-0.2, -0.15) is 0 Å². The number of amides is 1. The maximum absolute atomic E-state index is 13.1. The van der Waals surface area contributed by atoms with Crippen molar-refractivity contribution in [2.75, 3.05) is 20.1 Å². The van der Waals surface area contributed by atoms with Crippen LogP contribution in [0.1, 0.15) is 31.9 Å². The molecule has 0 heterocycles. The first-order chi connectivity index (χ1) is 9.53. The number of carbonyl (C=O) groups is 1. The number of nitrogens with one attached hydrogen (secondary N) is 1. The molecule has 1 aromatic rings. The SMILES string of the molecule is CCC(N)C(c1ccc(F)cc1)N(CC)CC(=O)NC. The molecule has 5 heteroatoms. The maximum Gasteiger partial charge on any atom is 0.233 e. The molecule has 2 atom stereocenters. The van der Waals surface area contributed by atoms with E-state index in [9.17, 15) is 9.18 Å². The first kappa shape index (κ1) is 16.6. The van der Waals surface area contributed by atoms with Gasteiger partial charge in [0.1, 0.15) is 5.82 Å². The predicted molar refractivity (Wildman–Crippen MR) is 78.7 cm³/mol. The van der Waals surface area contributed by atoms with Crippen molar-refractivity contribution in [2.24, 2.45) is 5.73 Å². The predicted octanol–water partition coefficient (Wildman–Crippen LogP) is 1.67. The Morgan fingerprint density at radius 3 is 2.40 bits per heavy atom. The second kappa shape index (κ2) is 7.97. The van der Waals surface area contributed by atoms with Crippen LogP contribution in [-0.2, 0) is 4.79 Å². The number of nitrogens with zero attached hydrogens (tertiary/aromatic N) is 1. The summed E-state index contributed by atoms with van der Waals surface area (Å²) in [7, 11) is 1.61. The van der Waals surface area contributed by atoms with Crippen LogP contribution in [0.3, 0.4) is 0 Å². The van der Waals surface area contributed by atoms with E-state index in [0.717, 1.165) is 12.0 Å². The molecule has 4 nitrogen and oxygen atoms in total. The van der Waals surface area contributed by atoms with E-state index in [1.54, 1.807) is 19.2 Å². The molecular weight excluding hydrogens is 257 g/mol. The Hall–Kier alpha value is -1.46. The first-order valence-electron chi connectivity index (χ1n) is 6.99. The zero-order valence-corrected chi connectivity index (χ0v) is 12.4. The zero-order chi connectivity index (χ0) is 15.1. The number of nitrogens with two attached hydrogens (primary N) is 1. The van der Waals surface area contributed by atoms with Crippen molar-refractivity contribution in [3.05, 3.63) is 35.6 Å². The van der Waals surface area contributed by atoms with Gasteiger partial charge in [0.15, 0.2) is 0 Å². The lowest BCUT2D eigenvalue weighted by atomic mass is 9.96. The number of rotatable bonds is 7. The lowest BCUT2D eigenvalue weighted by Gasteiger charge is -2.34. The smallest absolute Gasteiger partial charge is 0.233 e. The summed E-state index contributed by atoms with van der Waals surface area (Å²) >= 11 is 0. The molecule has 0 spiro atoms. The first-order valence-corrected chi connectivity index (χ1v) is 6.99. The molecule has 0 fully saturated rings. The number of hydrogen-bond acceptors (Lipinski definition) is 3. The summed E-state index contributed by atoms with van der Waals surface area (Å²) in [5.41, 5.74) is 7.15. The Morgan fingerprint density at radius 1 is 1.35 bits per heavy atom. The van der Waals surface area contributed by atoms with Gasteiger partial charge < -0.3 is 11.1 Å². The second-order valence-corrected chi connectivity index (χ2v) is 4.80. The topological polar surface area (TPSA) is 58.4 Å². The largest absolute Gasteiger partial charge is 0.358 e. The van der Waals surface area contributed by atoms with Gasteiger partial charge in [0.25, 0.3) is 0 Å². The molecule has 0 aliphatic heterocycles. The number of halogens is 1. The molecule has 3 N–H and O–H groups in total. The minimum atomic E-state index is -0.271. The summed E-state index contributed by atoms with van der Waals surface area (Å²) in [6.45, 7) is 4.97. The van der Waals surface area contributed by atoms with Gasteiger partial charge in [-0.1, -0.05) is 26.0 Å². The lowest BCUT2D eigenvalue weighted by Crippen LogP contribution is -2.45. The van der Waals surface area contributed by atoms with Gasteiger partial charge in [0.2, 0.25) is 5.91 Å². The summed E-state index contributed by atoms with van der Waals surface area (Å²) in [4.78, 5) is 13.6. The molecule has 2 unspecified atom stereocenters. The van der Waals surface area contributed by atoms with Gasteiger partial charge in [-0.25, -0.2) is 4.39 Å². The van der Waals surface area contributed by atoms with Crippen molar-refractivity contribution in [1.82, 2.24) is 10.2 Å². The number of likely N-dealkylation sites (N-methyl/N-ethyl adjacent to an activating group) is 2. The molecular formula is C15H24FN3O. The van der Waals surface area contributed by atoms with Crippen molar-refractivity contribution in [3.63, 3.8) is 0 Å². The van der Waals surface area contributed by atoms with Gasteiger partial charge in [0, 0.05) is 13.1 Å². The van der Waals surface area contributed by atoms with E-state index in [2.05, 4.69) is 5.32 Å². The van der Waals surface area contributed by atoms with Crippen molar-refractivity contribution in [1.29, 1.82) is 0 Å². The standard InChI is InChI=1S/C15H24FN3O/c1-4-13(17)15(11-6-8-12(16)9-7-11)19(5-2)10-14(20)18-3/h6-9,13,15H,4-5,10,17H2,1-3H3,(H,18,20). The second-order valence-electron chi connectivity index (χ2n) is 4.80. The molecule has 0 aliphatic rings. The van der Waals surface area contributed by atoms with Gasteiger partial charge in [-0.15, -0.1) is 0 Å². The third-order valence-corrected chi connectivity index (χ3v) is 3.51. The Labute approximate surface area is 120 Å². The molecule has 0 bridgehead atoms. The van der Waals surface area contributed by atoms with E-state index in [1.807, 2.05) is 18.7 Å². The Bertz CT molecular complexity index is 422. The van der Waals surface area contributed by atoms with Crippen LogP contribution in [0, 0.1) is 5.82 Å². The fraction of sp³-hybridized carbons (Fsp3) is 0.533. The van der Waals surface area contributed by atoms with Gasteiger partial charge in [0.05, 0.1) is 12.6 Å². The molecule has 0 saturated heterocycles.